The topological polar surface area (TPSA) is 77.6 Å². The van der Waals surface area contributed by atoms with E-state index in [0.717, 1.165) is 16.8 Å². The SMILES string of the molecule is Cc1nn(Cc2ccccc2)c(Cl)c1C(=O)NC(C)c1ccc(-n2cncn2)cc1. The van der Waals surface area contributed by atoms with E-state index >= 15 is 0 Å². The molecule has 1 atom stereocenters. The third-order valence-electron chi connectivity index (χ3n) is 4.89. The van der Waals surface area contributed by atoms with Crippen LogP contribution in [0.25, 0.3) is 5.69 Å². The number of rotatable bonds is 6. The van der Waals surface area contributed by atoms with Crippen LogP contribution in [0.3, 0.4) is 0 Å². The van der Waals surface area contributed by atoms with Gasteiger partial charge in [0.15, 0.2) is 0 Å². The van der Waals surface area contributed by atoms with Crippen LogP contribution in [0, 0.1) is 6.92 Å². The molecule has 0 aliphatic rings. The lowest BCUT2D eigenvalue weighted by Crippen LogP contribution is -2.27. The molecule has 1 N–H and O–H groups in total. The third kappa shape index (κ3) is 4.11. The van der Waals surface area contributed by atoms with Crippen molar-refractivity contribution in [3.8, 4) is 5.69 Å². The second kappa shape index (κ2) is 8.51. The molecular formula is C22H21ClN6O. The van der Waals surface area contributed by atoms with Gasteiger partial charge in [0.05, 0.1) is 29.5 Å². The van der Waals surface area contributed by atoms with Crippen LogP contribution in [0.4, 0.5) is 0 Å². The Bertz CT molecular complexity index is 1140. The third-order valence-corrected chi connectivity index (χ3v) is 5.28. The van der Waals surface area contributed by atoms with Gasteiger partial charge < -0.3 is 5.32 Å². The van der Waals surface area contributed by atoms with Gasteiger partial charge in [-0.2, -0.15) is 10.2 Å². The molecule has 0 saturated heterocycles. The molecule has 0 spiro atoms. The molecule has 1 amide bonds. The summed E-state index contributed by atoms with van der Waals surface area (Å²) >= 11 is 6.51. The van der Waals surface area contributed by atoms with Gasteiger partial charge in [-0.15, -0.1) is 0 Å². The van der Waals surface area contributed by atoms with E-state index in [2.05, 4.69) is 20.5 Å². The van der Waals surface area contributed by atoms with Crippen LogP contribution in [0.15, 0.2) is 67.3 Å². The molecular weight excluding hydrogens is 400 g/mol. The Morgan fingerprint density at radius 2 is 1.87 bits per heavy atom. The molecule has 4 rings (SSSR count). The molecule has 0 fully saturated rings. The number of nitrogens with one attached hydrogen (secondary N) is 1. The van der Waals surface area contributed by atoms with Crippen molar-refractivity contribution in [3.05, 3.63) is 94.8 Å². The van der Waals surface area contributed by atoms with Crippen LogP contribution in [0.5, 0.6) is 0 Å². The summed E-state index contributed by atoms with van der Waals surface area (Å²) in [5, 5.41) is 11.9. The lowest BCUT2D eigenvalue weighted by molar-refractivity contribution is 0.0939. The quantitative estimate of drug-likeness (QED) is 0.512. The van der Waals surface area contributed by atoms with Gasteiger partial charge in [0, 0.05) is 0 Å². The maximum absolute atomic E-state index is 12.9. The molecule has 0 bridgehead atoms. The van der Waals surface area contributed by atoms with Crippen molar-refractivity contribution in [1.82, 2.24) is 29.9 Å². The summed E-state index contributed by atoms with van der Waals surface area (Å²) in [5.41, 5.74) is 3.93. The molecule has 0 aliphatic heterocycles. The lowest BCUT2D eigenvalue weighted by Gasteiger charge is -2.15. The van der Waals surface area contributed by atoms with E-state index in [0.29, 0.717) is 23.0 Å². The zero-order chi connectivity index (χ0) is 21.1. The molecule has 2 aromatic carbocycles. The first-order valence-electron chi connectivity index (χ1n) is 9.55. The van der Waals surface area contributed by atoms with Crippen LogP contribution in [0.1, 0.15) is 40.1 Å². The molecule has 4 aromatic rings. The van der Waals surface area contributed by atoms with E-state index in [1.807, 2.05) is 61.5 Å². The monoisotopic (exact) mass is 420 g/mol. The minimum atomic E-state index is -0.246. The fourth-order valence-corrected chi connectivity index (χ4v) is 3.60. The minimum Gasteiger partial charge on any atom is -0.345 e. The first-order valence-corrected chi connectivity index (χ1v) is 9.93. The number of halogens is 1. The number of hydrogen-bond acceptors (Lipinski definition) is 4. The average Bonchev–Trinajstić information content (AvgIpc) is 3.37. The second-order valence-corrected chi connectivity index (χ2v) is 7.38. The van der Waals surface area contributed by atoms with Crippen LogP contribution in [-0.2, 0) is 6.54 Å². The van der Waals surface area contributed by atoms with Crippen molar-refractivity contribution in [2.75, 3.05) is 0 Å². The first-order chi connectivity index (χ1) is 14.5. The summed E-state index contributed by atoms with van der Waals surface area (Å²) in [6.07, 6.45) is 3.12. The number of aryl methyl sites for hydroxylation is 1. The number of carbonyl (C=O) groups is 1. The fraction of sp³-hybridized carbons (Fsp3) is 0.182. The summed E-state index contributed by atoms with van der Waals surface area (Å²) < 4.78 is 3.33. The zero-order valence-electron chi connectivity index (χ0n) is 16.7. The largest absolute Gasteiger partial charge is 0.345 e. The van der Waals surface area contributed by atoms with E-state index in [1.165, 1.54) is 6.33 Å². The van der Waals surface area contributed by atoms with E-state index < -0.39 is 0 Å². The highest BCUT2D eigenvalue weighted by Gasteiger charge is 2.22. The maximum Gasteiger partial charge on any atom is 0.256 e. The van der Waals surface area contributed by atoms with Crippen molar-refractivity contribution in [2.45, 2.75) is 26.4 Å². The Hall–Kier alpha value is -3.45. The van der Waals surface area contributed by atoms with Gasteiger partial charge in [-0.05, 0) is 37.1 Å². The van der Waals surface area contributed by atoms with Crippen LogP contribution < -0.4 is 5.32 Å². The van der Waals surface area contributed by atoms with Crippen molar-refractivity contribution in [1.29, 1.82) is 0 Å². The number of amides is 1. The van der Waals surface area contributed by atoms with E-state index in [1.54, 1.807) is 22.6 Å². The Labute approximate surface area is 179 Å². The second-order valence-electron chi connectivity index (χ2n) is 7.02. The highest BCUT2D eigenvalue weighted by atomic mass is 35.5. The molecule has 2 heterocycles. The Morgan fingerprint density at radius 3 is 2.53 bits per heavy atom. The van der Waals surface area contributed by atoms with Gasteiger partial charge in [0.1, 0.15) is 17.8 Å². The smallest absolute Gasteiger partial charge is 0.256 e. The number of hydrogen-bond donors (Lipinski definition) is 1. The summed E-state index contributed by atoms with van der Waals surface area (Å²) in [5.74, 6) is -0.246. The summed E-state index contributed by atoms with van der Waals surface area (Å²) in [6, 6.07) is 17.5. The fourth-order valence-electron chi connectivity index (χ4n) is 3.28. The van der Waals surface area contributed by atoms with E-state index in [-0.39, 0.29) is 11.9 Å². The maximum atomic E-state index is 12.9. The van der Waals surface area contributed by atoms with Gasteiger partial charge in [0.25, 0.3) is 5.91 Å². The van der Waals surface area contributed by atoms with Crippen LogP contribution in [0.2, 0.25) is 5.15 Å². The highest BCUT2D eigenvalue weighted by Crippen LogP contribution is 2.23. The number of benzene rings is 2. The van der Waals surface area contributed by atoms with Gasteiger partial charge in [-0.3, -0.25) is 4.79 Å². The molecule has 2 aromatic heterocycles. The molecule has 8 heteroatoms. The molecule has 1 unspecified atom stereocenters. The Morgan fingerprint density at radius 1 is 1.13 bits per heavy atom. The summed E-state index contributed by atoms with van der Waals surface area (Å²) in [7, 11) is 0. The van der Waals surface area contributed by atoms with Crippen molar-refractivity contribution in [3.63, 3.8) is 0 Å². The van der Waals surface area contributed by atoms with E-state index in [9.17, 15) is 4.79 Å². The predicted octanol–water partition coefficient (Wildman–Crippen LogP) is 3.96. The zero-order valence-corrected chi connectivity index (χ0v) is 17.4. The van der Waals surface area contributed by atoms with Crippen molar-refractivity contribution < 1.29 is 4.79 Å². The Balaban J connectivity index is 1.48. The number of carbonyl (C=O) groups excluding carboxylic acids is 1. The summed E-state index contributed by atoms with van der Waals surface area (Å²) in [4.78, 5) is 16.9. The van der Waals surface area contributed by atoms with Crippen molar-refractivity contribution >= 4 is 17.5 Å². The molecule has 152 valence electrons. The van der Waals surface area contributed by atoms with Gasteiger partial charge in [-0.1, -0.05) is 54.1 Å². The minimum absolute atomic E-state index is 0.199. The molecule has 7 nitrogen and oxygen atoms in total. The lowest BCUT2D eigenvalue weighted by atomic mass is 10.1. The van der Waals surface area contributed by atoms with E-state index in [4.69, 9.17) is 11.6 Å². The Kier molecular flexibility index (Phi) is 5.63. The number of aromatic nitrogens is 5. The average molecular weight is 421 g/mol. The van der Waals surface area contributed by atoms with Gasteiger partial charge >= 0.3 is 0 Å². The van der Waals surface area contributed by atoms with Crippen LogP contribution >= 0.6 is 11.6 Å². The molecule has 0 aliphatic carbocycles. The van der Waals surface area contributed by atoms with Crippen molar-refractivity contribution in [2.24, 2.45) is 0 Å². The first kappa shape index (κ1) is 19.8. The number of nitrogens with zero attached hydrogens (tertiary/aromatic N) is 5. The van der Waals surface area contributed by atoms with Gasteiger partial charge in [-0.25, -0.2) is 14.3 Å². The molecule has 30 heavy (non-hydrogen) atoms. The standard InChI is InChI=1S/C22H21ClN6O/c1-15(18-8-10-19(11-9-18)29-14-24-13-25-29)26-22(30)20-16(2)27-28(21(20)23)12-17-6-4-3-5-7-17/h3-11,13-15H,12H2,1-2H3,(H,26,30). The normalized spacial score (nSPS) is 12.0. The molecule has 0 saturated carbocycles. The van der Waals surface area contributed by atoms with Gasteiger partial charge in [0.2, 0.25) is 0 Å². The highest BCUT2D eigenvalue weighted by molar-refractivity contribution is 6.33. The summed E-state index contributed by atoms with van der Waals surface area (Å²) in [6.45, 7) is 4.23. The predicted molar refractivity (Wildman–Crippen MR) is 115 cm³/mol. The molecule has 0 radical (unpaired) electrons. The van der Waals surface area contributed by atoms with Crippen LogP contribution in [-0.4, -0.2) is 30.5 Å².